The number of carbonyl (C=O) groups is 1. The fourth-order valence-electron chi connectivity index (χ4n) is 2.51. The highest BCUT2D eigenvalue weighted by atomic mass is 16.1. The number of nitrogens with zero attached hydrogens (tertiary/aromatic N) is 2. The number of nitrogen functional groups attached to an aromatic ring is 1. The van der Waals surface area contributed by atoms with Gasteiger partial charge >= 0.3 is 0 Å². The van der Waals surface area contributed by atoms with Crippen molar-refractivity contribution in [1.29, 1.82) is 0 Å². The average molecular weight is 300 g/mol. The molecule has 22 heavy (non-hydrogen) atoms. The molecule has 0 saturated carbocycles. The Bertz CT molecular complexity index is 642. The monoisotopic (exact) mass is 300 g/mol. The normalized spacial score (nSPS) is 12.3. The van der Waals surface area contributed by atoms with Crippen molar-refractivity contribution in [3.8, 4) is 0 Å². The van der Waals surface area contributed by atoms with Gasteiger partial charge in [-0.3, -0.25) is 0 Å². The number of hydrogen-bond donors (Lipinski definition) is 2. The minimum Gasteiger partial charge on any atom is -0.368 e. The quantitative estimate of drug-likeness (QED) is 0.779. The summed E-state index contributed by atoms with van der Waals surface area (Å²) in [7, 11) is 0. The van der Waals surface area contributed by atoms with Gasteiger partial charge in [0.1, 0.15) is 11.6 Å². The number of anilines is 2. The van der Waals surface area contributed by atoms with Crippen LogP contribution in [0.4, 0.5) is 11.8 Å². The predicted octanol–water partition coefficient (Wildman–Crippen LogP) is 3.55. The number of Topliss-reactive ketones (excluding diaryl/α,β-unsaturated/α-hetero) is 1. The first-order chi connectivity index (χ1) is 10.6. The molecule has 118 valence electrons. The predicted molar refractivity (Wildman–Crippen MR) is 90.8 cm³/mol. The molecule has 0 spiro atoms. The summed E-state index contributed by atoms with van der Waals surface area (Å²) < 4.78 is 0. The lowest BCUT2D eigenvalue weighted by Crippen LogP contribution is -2.21. The Labute approximate surface area is 131 Å². The zero-order valence-corrected chi connectivity index (χ0v) is 13.3. The average Bonchev–Trinajstić information content (AvgIpc) is 2.49. The van der Waals surface area contributed by atoms with E-state index < -0.39 is 0 Å². The lowest BCUT2D eigenvalue weighted by Gasteiger charge is -2.20. The number of rotatable bonds is 8. The van der Waals surface area contributed by atoms with Crippen LogP contribution in [0.3, 0.4) is 0 Å². The summed E-state index contributed by atoms with van der Waals surface area (Å²) in [4.78, 5) is 19.9. The molecule has 3 N–H and O–H groups in total. The van der Waals surface area contributed by atoms with Gasteiger partial charge in [0, 0.05) is 17.8 Å². The van der Waals surface area contributed by atoms with E-state index in [0.29, 0.717) is 6.42 Å². The molecule has 5 heteroatoms. The Morgan fingerprint density at radius 3 is 2.77 bits per heavy atom. The number of para-hydroxylation sites is 1. The molecule has 0 aliphatic rings. The first kappa shape index (κ1) is 16.2. The van der Waals surface area contributed by atoms with Gasteiger partial charge in [0.05, 0.1) is 5.52 Å². The van der Waals surface area contributed by atoms with E-state index in [1.165, 1.54) is 0 Å². The van der Waals surface area contributed by atoms with Crippen LogP contribution in [0.2, 0.25) is 0 Å². The third kappa shape index (κ3) is 4.41. The van der Waals surface area contributed by atoms with E-state index in [0.717, 1.165) is 42.4 Å². The van der Waals surface area contributed by atoms with E-state index in [-0.39, 0.29) is 17.8 Å². The number of hydrogen-bond acceptors (Lipinski definition) is 5. The standard InChI is InChI=1S/C17H24N4O/c1-3-4-7-13(11-10-12(2)22)19-16-14-8-5-6-9-15(14)20-17(18)21-16/h5-6,8-9,13H,3-4,7,10-11H2,1-2H3,(H3,18,19,20,21)/t13-/m1/s1. The van der Waals surface area contributed by atoms with E-state index >= 15 is 0 Å². The van der Waals surface area contributed by atoms with Crippen LogP contribution in [0.1, 0.15) is 46.0 Å². The van der Waals surface area contributed by atoms with Crippen molar-refractivity contribution in [1.82, 2.24) is 9.97 Å². The second-order valence-electron chi connectivity index (χ2n) is 5.67. The Kier molecular flexibility index (Phi) is 5.69. The molecule has 0 unspecified atom stereocenters. The number of aromatic nitrogens is 2. The largest absolute Gasteiger partial charge is 0.368 e. The molecule has 0 fully saturated rings. The van der Waals surface area contributed by atoms with Crippen molar-refractivity contribution >= 4 is 28.5 Å². The molecule has 0 radical (unpaired) electrons. The topological polar surface area (TPSA) is 80.9 Å². The molecule has 2 rings (SSSR count). The highest BCUT2D eigenvalue weighted by Gasteiger charge is 2.13. The fourth-order valence-corrected chi connectivity index (χ4v) is 2.51. The number of nitrogens with two attached hydrogens (primary N) is 1. The third-order valence-electron chi connectivity index (χ3n) is 3.71. The van der Waals surface area contributed by atoms with Crippen molar-refractivity contribution in [3.05, 3.63) is 24.3 Å². The Balaban J connectivity index is 2.22. The number of benzene rings is 1. The summed E-state index contributed by atoms with van der Waals surface area (Å²) in [5.74, 6) is 1.24. The van der Waals surface area contributed by atoms with Gasteiger partial charge < -0.3 is 15.8 Å². The van der Waals surface area contributed by atoms with E-state index in [9.17, 15) is 4.79 Å². The molecule has 1 aromatic heterocycles. The number of ketones is 1. The molecule has 0 aliphatic carbocycles. The molecule has 1 aromatic carbocycles. The number of nitrogens with one attached hydrogen (secondary N) is 1. The maximum Gasteiger partial charge on any atom is 0.222 e. The fraction of sp³-hybridized carbons (Fsp3) is 0.471. The Hall–Kier alpha value is -2.17. The zero-order chi connectivity index (χ0) is 15.9. The Morgan fingerprint density at radius 1 is 1.27 bits per heavy atom. The molecule has 1 atom stereocenters. The number of unbranched alkanes of at least 4 members (excludes halogenated alkanes) is 1. The first-order valence-electron chi connectivity index (χ1n) is 7.88. The van der Waals surface area contributed by atoms with Gasteiger partial charge in [0.2, 0.25) is 5.95 Å². The minimum absolute atomic E-state index is 0.218. The maximum absolute atomic E-state index is 11.3. The molecule has 1 heterocycles. The zero-order valence-electron chi connectivity index (χ0n) is 13.3. The van der Waals surface area contributed by atoms with Crippen LogP contribution >= 0.6 is 0 Å². The molecular formula is C17H24N4O. The van der Waals surface area contributed by atoms with Gasteiger partial charge in [-0.1, -0.05) is 31.9 Å². The van der Waals surface area contributed by atoms with Crippen LogP contribution in [-0.4, -0.2) is 21.8 Å². The highest BCUT2D eigenvalue weighted by molar-refractivity contribution is 5.90. The highest BCUT2D eigenvalue weighted by Crippen LogP contribution is 2.23. The van der Waals surface area contributed by atoms with Crippen molar-refractivity contribution in [3.63, 3.8) is 0 Å². The summed E-state index contributed by atoms with van der Waals surface area (Å²) in [6.45, 7) is 3.80. The van der Waals surface area contributed by atoms with Crippen molar-refractivity contribution in [2.75, 3.05) is 11.1 Å². The van der Waals surface area contributed by atoms with Crippen LogP contribution in [-0.2, 0) is 4.79 Å². The van der Waals surface area contributed by atoms with Crippen LogP contribution in [0.5, 0.6) is 0 Å². The van der Waals surface area contributed by atoms with Crippen LogP contribution in [0, 0.1) is 0 Å². The second kappa shape index (κ2) is 7.73. The number of carbonyl (C=O) groups excluding carboxylic acids is 1. The molecule has 0 saturated heterocycles. The van der Waals surface area contributed by atoms with Crippen LogP contribution in [0.15, 0.2) is 24.3 Å². The molecule has 0 amide bonds. The second-order valence-corrected chi connectivity index (χ2v) is 5.67. The smallest absolute Gasteiger partial charge is 0.222 e. The van der Waals surface area contributed by atoms with Gasteiger partial charge in [-0.15, -0.1) is 0 Å². The third-order valence-corrected chi connectivity index (χ3v) is 3.71. The molecule has 5 nitrogen and oxygen atoms in total. The summed E-state index contributed by atoms with van der Waals surface area (Å²) in [5, 5.41) is 4.43. The molecule has 0 bridgehead atoms. The lowest BCUT2D eigenvalue weighted by atomic mass is 10.0. The SMILES string of the molecule is CCCC[C@H](CCC(C)=O)Nc1nc(N)nc2ccccc12. The molecule has 0 aliphatic heterocycles. The number of fused-ring (bicyclic) bond motifs is 1. The first-order valence-corrected chi connectivity index (χ1v) is 7.88. The van der Waals surface area contributed by atoms with Crippen molar-refractivity contribution in [2.24, 2.45) is 0 Å². The summed E-state index contributed by atoms with van der Waals surface area (Å²) >= 11 is 0. The molecule has 2 aromatic rings. The molecular weight excluding hydrogens is 276 g/mol. The lowest BCUT2D eigenvalue weighted by molar-refractivity contribution is -0.117. The van der Waals surface area contributed by atoms with E-state index in [1.807, 2.05) is 24.3 Å². The van der Waals surface area contributed by atoms with Gasteiger partial charge in [0.25, 0.3) is 0 Å². The van der Waals surface area contributed by atoms with Crippen LogP contribution in [0.25, 0.3) is 10.9 Å². The van der Waals surface area contributed by atoms with Gasteiger partial charge in [-0.05, 0) is 31.9 Å². The van der Waals surface area contributed by atoms with Gasteiger partial charge in [-0.25, -0.2) is 4.98 Å². The minimum atomic E-state index is 0.218. The van der Waals surface area contributed by atoms with Gasteiger partial charge in [0.15, 0.2) is 0 Å². The van der Waals surface area contributed by atoms with Crippen molar-refractivity contribution < 1.29 is 4.79 Å². The maximum atomic E-state index is 11.3. The Morgan fingerprint density at radius 2 is 2.05 bits per heavy atom. The van der Waals surface area contributed by atoms with E-state index in [4.69, 9.17) is 5.73 Å². The summed E-state index contributed by atoms with van der Waals surface area (Å²) in [6, 6.07) is 8.03. The van der Waals surface area contributed by atoms with Gasteiger partial charge in [-0.2, -0.15) is 4.98 Å². The summed E-state index contributed by atoms with van der Waals surface area (Å²) in [5.41, 5.74) is 6.64. The van der Waals surface area contributed by atoms with Crippen molar-refractivity contribution in [2.45, 2.75) is 52.0 Å². The van der Waals surface area contributed by atoms with E-state index in [1.54, 1.807) is 6.92 Å². The van der Waals surface area contributed by atoms with E-state index in [2.05, 4.69) is 22.2 Å². The summed E-state index contributed by atoms with van der Waals surface area (Å²) in [6.07, 6.45) is 4.66. The van der Waals surface area contributed by atoms with Crippen LogP contribution < -0.4 is 11.1 Å².